The van der Waals surface area contributed by atoms with Crippen molar-refractivity contribution in [2.24, 2.45) is 0 Å². The number of nitrogens with zero attached hydrogens (tertiary/aromatic N) is 1. The fourth-order valence-corrected chi connectivity index (χ4v) is 2.56. The van der Waals surface area contributed by atoms with E-state index in [1.807, 2.05) is 6.92 Å². The molecule has 1 aromatic carbocycles. The molecule has 0 spiro atoms. The average Bonchev–Trinajstić information content (AvgIpc) is 2.42. The van der Waals surface area contributed by atoms with Crippen molar-refractivity contribution in [1.82, 2.24) is 4.90 Å². The highest BCUT2D eigenvalue weighted by atomic mass is 127. The summed E-state index contributed by atoms with van der Waals surface area (Å²) < 4.78 is 6.25. The zero-order chi connectivity index (χ0) is 13.7. The van der Waals surface area contributed by atoms with Crippen LogP contribution >= 0.6 is 22.6 Å². The van der Waals surface area contributed by atoms with E-state index in [0.29, 0.717) is 12.6 Å². The number of anilines is 1. The second kappa shape index (κ2) is 6.98. The third kappa shape index (κ3) is 4.26. The van der Waals surface area contributed by atoms with E-state index in [-0.39, 0.29) is 6.09 Å². The van der Waals surface area contributed by atoms with Crippen LogP contribution in [0.4, 0.5) is 10.5 Å². The number of benzene rings is 1. The molecule has 1 amide bonds. The van der Waals surface area contributed by atoms with Gasteiger partial charge in [-0.25, -0.2) is 4.79 Å². The van der Waals surface area contributed by atoms with Gasteiger partial charge in [-0.3, -0.25) is 0 Å². The first-order valence-electron chi connectivity index (χ1n) is 6.63. The van der Waals surface area contributed by atoms with Crippen molar-refractivity contribution >= 4 is 34.4 Å². The van der Waals surface area contributed by atoms with E-state index in [4.69, 9.17) is 4.74 Å². The molecule has 1 heterocycles. The lowest BCUT2D eigenvalue weighted by Crippen LogP contribution is -2.42. The van der Waals surface area contributed by atoms with Crippen LogP contribution in [0.1, 0.15) is 19.8 Å². The second-order valence-corrected chi connectivity index (χ2v) is 5.86. The number of hydrogen-bond donors (Lipinski definition) is 1. The first-order chi connectivity index (χ1) is 9.19. The van der Waals surface area contributed by atoms with Gasteiger partial charge < -0.3 is 15.0 Å². The number of ether oxygens (including phenoxy) is 1. The second-order valence-electron chi connectivity index (χ2n) is 4.61. The van der Waals surface area contributed by atoms with Crippen LogP contribution in [-0.4, -0.2) is 36.7 Å². The number of halogens is 1. The molecule has 0 saturated carbocycles. The van der Waals surface area contributed by atoms with Crippen LogP contribution in [-0.2, 0) is 4.74 Å². The molecule has 0 aromatic heterocycles. The van der Waals surface area contributed by atoms with Gasteiger partial charge in [-0.2, -0.15) is 0 Å². The van der Waals surface area contributed by atoms with E-state index < -0.39 is 0 Å². The topological polar surface area (TPSA) is 41.6 Å². The number of carbonyl (C=O) groups is 1. The lowest BCUT2D eigenvalue weighted by molar-refractivity contribution is 0.0983. The minimum Gasteiger partial charge on any atom is -0.450 e. The van der Waals surface area contributed by atoms with Crippen LogP contribution in [0.15, 0.2) is 24.3 Å². The Balaban J connectivity index is 1.80. The van der Waals surface area contributed by atoms with E-state index in [2.05, 4.69) is 52.2 Å². The molecule has 104 valence electrons. The van der Waals surface area contributed by atoms with Crippen molar-refractivity contribution < 1.29 is 9.53 Å². The molecule has 0 bridgehead atoms. The molecule has 0 unspecified atom stereocenters. The Morgan fingerprint density at radius 3 is 2.58 bits per heavy atom. The lowest BCUT2D eigenvalue weighted by atomic mass is 10.1. The third-order valence-corrected chi connectivity index (χ3v) is 3.96. The Kier molecular flexibility index (Phi) is 5.30. The zero-order valence-corrected chi connectivity index (χ0v) is 13.2. The maximum absolute atomic E-state index is 11.6. The fourth-order valence-electron chi connectivity index (χ4n) is 2.20. The quantitative estimate of drug-likeness (QED) is 0.826. The highest BCUT2D eigenvalue weighted by Gasteiger charge is 2.23. The number of amides is 1. The van der Waals surface area contributed by atoms with Gasteiger partial charge in [-0.1, -0.05) is 0 Å². The summed E-state index contributed by atoms with van der Waals surface area (Å²) in [6.45, 7) is 3.81. The zero-order valence-electron chi connectivity index (χ0n) is 11.1. The van der Waals surface area contributed by atoms with E-state index in [0.717, 1.165) is 31.6 Å². The number of piperidine rings is 1. The number of rotatable bonds is 3. The molecule has 1 fully saturated rings. The van der Waals surface area contributed by atoms with Gasteiger partial charge in [0.05, 0.1) is 6.61 Å². The average molecular weight is 374 g/mol. The van der Waals surface area contributed by atoms with Gasteiger partial charge in [0.1, 0.15) is 0 Å². The number of carbonyl (C=O) groups excluding carboxylic acids is 1. The summed E-state index contributed by atoms with van der Waals surface area (Å²) in [6.07, 6.45) is 1.74. The molecule has 1 saturated heterocycles. The van der Waals surface area contributed by atoms with E-state index in [9.17, 15) is 4.79 Å². The molecule has 0 radical (unpaired) electrons. The van der Waals surface area contributed by atoms with Crippen LogP contribution < -0.4 is 5.32 Å². The minimum atomic E-state index is -0.185. The first kappa shape index (κ1) is 14.4. The normalized spacial score (nSPS) is 16.2. The highest BCUT2D eigenvalue weighted by molar-refractivity contribution is 14.1. The van der Waals surface area contributed by atoms with Crippen molar-refractivity contribution in [1.29, 1.82) is 0 Å². The molecular formula is C14H19IN2O2. The van der Waals surface area contributed by atoms with Crippen LogP contribution in [0.25, 0.3) is 0 Å². The maximum Gasteiger partial charge on any atom is 0.409 e. The number of nitrogens with one attached hydrogen (secondary N) is 1. The molecule has 1 aromatic rings. The highest BCUT2D eigenvalue weighted by Crippen LogP contribution is 2.18. The van der Waals surface area contributed by atoms with Gasteiger partial charge in [-0.05, 0) is 66.6 Å². The van der Waals surface area contributed by atoms with E-state index in [1.165, 1.54) is 3.57 Å². The van der Waals surface area contributed by atoms with Crippen LogP contribution in [0.5, 0.6) is 0 Å². The fraction of sp³-hybridized carbons (Fsp3) is 0.500. The summed E-state index contributed by atoms with van der Waals surface area (Å²) in [5.41, 5.74) is 1.15. The van der Waals surface area contributed by atoms with Gasteiger partial charge >= 0.3 is 6.09 Å². The SMILES string of the molecule is CCOC(=O)N1CCC(Nc2ccc(I)cc2)CC1. The molecule has 1 N–H and O–H groups in total. The van der Waals surface area contributed by atoms with Crippen LogP contribution in [0, 0.1) is 3.57 Å². The Labute approximate surface area is 127 Å². The van der Waals surface area contributed by atoms with Gasteiger partial charge in [-0.15, -0.1) is 0 Å². The Morgan fingerprint density at radius 2 is 2.00 bits per heavy atom. The summed E-state index contributed by atoms with van der Waals surface area (Å²) in [5, 5.41) is 3.52. The first-order valence-corrected chi connectivity index (χ1v) is 7.70. The van der Waals surface area contributed by atoms with Crippen molar-refractivity contribution in [3.8, 4) is 0 Å². The van der Waals surface area contributed by atoms with Crippen molar-refractivity contribution in [3.63, 3.8) is 0 Å². The van der Waals surface area contributed by atoms with Crippen molar-refractivity contribution in [2.45, 2.75) is 25.8 Å². The van der Waals surface area contributed by atoms with Gasteiger partial charge in [0.15, 0.2) is 0 Å². The van der Waals surface area contributed by atoms with Crippen molar-refractivity contribution in [3.05, 3.63) is 27.8 Å². The van der Waals surface area contributed by atoms with Crippen molar-refractivity contribution in [2.75, 3.05) is 25.0 Å². The molecule has 4 nitrogen and oxygen atoms in total. The van der Waals surface area contributed by atoms with Gasteiger partial charge in [0, 0.05) is 28.4 Å². The maximum atomic E-state index is 11.6. The van der Waals surface area contributed by atoms with E-state index >= 15 is 0 Å². The molecule has 2 rings (SSSR count). The molecule has 19 heavy (non-hydrogen) atoms. The predicted octanol–water partition coefficient (Wildman–Crippen LogP) is 3.32. The lowest BCUT2D eigenvalue weighted by Gasteiger charge is -2.32. The van der Waals surface area contributed by atoms with E-state index in [1.54, 1.807) is 4.90 Å². The molecular weight excluding hydrogens is 355 g/mol. The molecule has 0 aliphatic carbocycles. The van der Waals surface area contributed by atoms with Crippen LogP contribution in [0.3, 0.4) is 0 Å². The van der Waals surface area contributed by atoms with Crippen LogP contribution in [0.2, 0.25) is 0 Å². The molecule has 5 heteroatoms. The summed E-state index contributed by atoms with van der Waals surface area (Å²) in [5.74, 6) is 0. The monoisotopic (exact) mass is 374 g/mol. The Bertz CT molecular complexity index is 414. The predicted molar refractivity (Wildman–Crippen MR) is 84.4 cm³/mol. The Hall–Kier alpha value is -0.980. The van der Waals surface area contributed by atoms with Gasteiger partial charge in [0.25, 0.3) is 0 Å². The number of likely N-dealkylation sites (tertiary alicyclic amines) is 1. The smallest absolute Gasteiger partial charge is 0.409 e. The number of hydrogen-bond acceptors (Lipinski definition) is 3. The third-order valence-electron chi connectivity index (χ3n) is 3.24. The largest absolute Gasteiger partial charge is 0.450 e. The standard InChI is InChI=1S/C14H19IN2O2/c1-2-19-14(18)17-9-7-13(8-10-17)16-12-5-3-11(15)4-6-12/h3-6,13,16H,2,7-10H2,1H3. The molecule has 0 atom stereocenters. The Morgan fingerprint density at radius 1 is 1.37 bits per heavy atom. The summed E-state index contributed by atoms with van der Waals surface area (Å²) in [7, 11) is 0. The summed E-state index contributed by atoms with van der Waals surface area (Å²) in [4.78, 5) is 13.4. The van der Waals surface area contributed by atoms with Gasteiger partial charge in [0.2, 0.25) is 0 Å². The molecule has 1 aliphatic heterocycles. The minimum absolute atomic E-state index is 0.185. The summed E-state index contributed by atoms with van der Waals surface area (Å²) in [6, 6.07) is 8.82. The summed E-state index contributed by atoms with van der Waals surface area (Å²) >= 11 is 2.30. The molecule has 1 aliphatic rings.